The average Bonchev–Trinajstić information content (AvgIpc) is 2.42. The molecule has 1 aromatic carbocycles. The molecular weight excluding hydrogens is 274 g/mol. The van der Waals surface area contributed by atoms with E-state index in [0.29, 0.717) is 13.2 Å². The van der Waals surface area contributed by atoms with Gasteiger partial charge in [0.05, 0.1) is 18.0 Å². The van der Waals surface area contributed by atoms with Crippen LogP contribution in [-0.2, 0) is 27.1 Å². The summed E-state index contributed by atoms with van der Waals surface area (Å²) in [7, 11) is 0.319. The van der Waals surface area contributed by atoms with Gasteiger partial charge < -0.3 is 9.47 Å². The fourth-order valence-electron chi connectivity index (χ4n) is 1.32. The van der Waals surface area contributed by atoms with E-state index in [9.17, 15) is 4.21 Å². The first-order chi connectivity index (χ1) is 9.43. The molecule has 0 saturated heterocycles. The largest absolute Gasteiger partial charge is 0.374 e. The van der Waals surface area contributed by atoms with Gasteiger partial charge in [0.15, 0.2) is 0 Å². The highest BCUT2D eigenvalue weighted by atomic mass is 32.2. The molecule has 0 fully saturated rings. The van der Waals surface area contributed by atoms with Crippen LogP contribution in [0, 0.1) is 0 Å². The average molecular weight is 297 g/mol. The summed E-state index contributed by atoms with van der Waals surface area (Å²) in [4.78, 5) is 0. The zero-order valence-corrected chi connectivity index (χ0v) is 13.4. The molecule has 0 bridgehead atoms. The second kappa shape index (κ2) is 8.29. The van der Waals surface area contributed by atoms with E-state index in [0.717, 1.165) is 5.56 Å². The number of ether oxygens (including phenoxy) is 2. The lowest BCUT2D eigenvalue weighted by atomic mass is 10.2. The minimum atomic E-state index is -1.27. The van der Waals surface area contributed by atoms with E-state index in [1.165, 1.54) is 0 Å². The lowest BCUT2D eigenvalue weighted by Crippen LogP contribution is -2.23. The third-order valence-corrected chi connectivity index (χ3v) is 3.90. The standard InChI is InChI=1S/C15H23NO3S/c1-15(2,3)20(17)16-10-14(18-4)12-19-11-13-8-6-5-7-9-13/h5-10,14H,11-12H2,1-4H3/t14-,20+/m0/s1. The summed E-state index contributed by atoms with van der Waals surface area (Å²) in [6.07, 6.45) is 1.27. The molecule has 0 heterocycles. The molecule has 112 valence electrons. The SMILES string of the molecule is CO[C@@H](C=N[S@](=O)C(C)(C)C)COCc1ccccc1. The Morgan fingerprint density at radius 3 is 2.50 bits per heavy atom. The van der Waals surface area contributed by atoms with E-state index in [4.69, 9.17) is 9.47 Å². The number of rotatable bonds is 7. The van der Waals surface area contributed by atoms with E-state index in [1.54, 1.807) is 13.3 Å². The third-order valence-electron chi connectivity index (χ3n) is 2.54. The highest BCUT2D eigenvalue weighted by Gasteiger charge is 2.18. The molecule has 0 unspecified atom stereocenters. The van der Waals surface area contributed by atoms with Crippen molar-refractivity contribution in [2.45, 2.75) is 38.2 Å². The molecule has 20 heavy (non-hydrogen) atoms. The number of benzene rings is 1. The normalized spacial score (nSPS) is 15.4. The van der Waals surface area contributed by atoms with Crippen LogP contribution in [-0.4, -0.2) is 35.0 Å². The van der Waals surface area contributed by atoms with Crippen LogP contribution in [0.1, 0.15) is 26.3 Å². The predicted molar refractivity (Wildman–Crippen MR) is 83.3 cm³/mol. The third kappa shape index (κ3) is 6.41. The summed E-state index contributed by atoms with van der Waals surface area (Å²) in [5.74, 6) is 0. The first-order valence-electron chi connectivity index (χ1n) is 6.54. The van der Waals surface area contributed by atoms with Crippen LogP contribution < -0.4 is 0 Å². The molecule has 0 radical (unpaired) electrons. The molecule has 2 atom stereocenters. The van der Waals surface area contributed by atoms with Crippen molar-refractivity contribution < 1.29 is 13.7 Å². The van der Waals surface area contributed by atoms with Gasteiger partial charge in [-0.25, -0.2) is 4.21 Å². The second-order valence-corrected chi connectivity index (χ2v) is 7.32. The van der Waals surface area contributed by atoms with Gasteiger partial charge in [0.1, 0.15) is 17.1 Å². The predicted octanol–water partition coefficient (Wildman–Crippen LogP) is 2.75. The molecule has 0 aliphatic heterocycles. The highest BCUT2D eigenvalue weighted by molar-refractivity contribution is 7.85. The van der Waals surface area contributed by atoms with Gasteiger partial charge >= 0.3 is 0 Å². The topological polar surface area (TPSA) is 47.9 Å². The molecule has 0 amide bonds. The fourth-order valence-corrected chi connectivity index (χ4v) is 1.88. The smallest absolute Gasteiger partial charge is 0.144 e. The Balaban J connectivity index is 2.40. The maximum Gasteiger partial charge on any atom is 0.144 e. The molecule has 4 nitrogen and oxygen atoms in total. The van der Waals surface area contributed by atoms with Crippen LogP contribution in [0.3, 0.4) is 0 Å². The number of hydrogen-bond donors (Lipinski definition) is 0. The molecular formula is C15H23NO3S. The molecule has 1 aromatic rings. The van der Waals surface area contributed by atoms with Crippen LogP contribution >= 0.6 is 0 Å². The van der Waals surface area contributed by atoms with Crippen LogP contribution in [0.15, 0.2) is 34.7 Å². The Labute approximate surface area is 123 Å². The zero-order chi connectivity index (χ0) is 15.0. The van der Waals surface area contributed by atoms with Gasteiger partial charge in [-0.1, -0.05) is 30.3 Å². The van der Waals surface area contributed by atoms with Crippen molar-refractivity contribution in [3.8, 4) is 0 Å². The highest BCUT2D eigenvalue weighted by Crippen LogP contribution is 2.11. The van der Waals surface area contributed by atoms with Crippen molar-refractivity contribution in [2.75, 3.05) is 13.7 Å². The van der Waals surface area contributed by atoms with E-state index in [-0.39, 0.29) is 10.9 Å². The van der Waals surface area contributed by atoms with E-state index in [1.807, 2.05) is 51.1 Å². The first kappa shape index (κ1) is 17.0. The van der Waals surface area contributed by atoms with E-state index in [2.05, 4.69) is 4.40 Å². The van der Waals surface area contributed by atoms with Crippen molar-refractivity contribution in [1.82, 2.24) is 0 Å². The Hall–Kier alpha value is -1.04. The maximum atomic E-state index is 11.8. The number of nitrogens with zero attached hydrogens (tertiary/aromatic N) is 1. The summed E-state index contributed by atoms with van der Waals surface area (Å²) < 4.78 is 26.3. The lowest BCUT2D eigenvalue weighted by molar-refractivity contribution is 0.0370. The van der Waals surface area contributed by atoms with Crippen molar-refractivity contribution >= 4 is 17.2 Å². The number of methoxy groups -OCH3 is 1. The van der Waals surface area contributed by atoms with E-state index >= 15 is 0 Å². The zero-order valence-electron chi connectivity index (χ0n) is 12.5. The van der Waals surface area contributed by atoms with Gasteiger partial charge in [-0.15, -0.1) is 0 Å². The number of hydrogen-bond acceptors (Lipinski definition) is 3. The molecule has 0 N–H and O–H groups in total. The molecule has 0 aromatic heterocycles. The summed E-state index contributed by atoms with van der Waals surface area (Å²) in [6.45, 7) is 6.56. The molecule has 0 aliphatic rings. The van der Waals surface area contributed by atoms with Crippen LogP contribution in [0.4, 0.5) is 0 Å². The van der Waals surface area contributed by atoms with Crippen molar-refractivity contribution in [1.29, 1.82) is 0 Å². The summed E-state index contributed by atoms with van der Waals surface area (Å²) in [5, 5.41) is 0. The molecule has 0 saturated carbocycles. The van der Waals surface area contributed by atoms with Crippen LogP contribution in [0.2, 0.25) is 0 Å². The van der Waals surface area contributed by atoms with Gasteiger partial charge in [0.2, 0.25) is 0 Å². The maximum absolute atomic E-state index is 11.8. The van der Waals surface area contributed by atoms with Gasteiger partial charge in [-0.3, -0.25) is 0 Å². The molecule has 0 aliphatic carbocycles. The van der Waals surface area contributed by atoms with Crippen molar-refractivity contribution in [3.63, 3.8) is 0 Å². The van der Waals surface area contributed by atoms with E-state index < -0.39 is 11.0 Å². The molecule has 5 heteroatoms. The molecule has 0 spiro atoms. The minimum Gasteiger partial charge on any atom is -0.374 e. The monoisotopic (exact) mass is 297 g/mol. The van der Waals surface area contributed by atoms with Gasteiger partial charge in [0, 0.05) is 13.3 Å². The van der Waals surface area contributed by atoms with Crippen LogP contribution in [0.25, 0.3) is 0 Å². The summed E-state index contributed by atoms with van der Waals surface area (Å²) >= 11 is 0. The minimum absolute atomic E-state index is 0.287. The Morgan fingerprint density at radius 2 is 1.95 bits per heavy atom. The Morgan fingerprint density at radius 1 is 1.30 bits per heavy atom. The summed E-state index contributed by atoms with van der Waals surface area (Å²) in [6, 6.07) is 9.92. The van der Waals surface area contributed by atoms with Gasteiger partial charge in [0.25, 0.3) is 0 Å². The molecule has 1 rings (SSSR count). The quantitative estimate of drug-likeness (QED) is 0.727. The Kier molecular flexibility index (Phi) is 7.05. The second-order valence-electron chi connectivity index (χ2n) is 5.39. The Bertz CT molecular complexity index is 440. The van der Waals surface area contributed by atoms with Crippen molar-refractivity contribution in [2.24, 2.45) is 4.40 Å². The first-order valence-corrected chi connectivity index (χ1v) is 7.65. The van der Waals surface area contributed by atoms with Gasteiger partial charge in [-0.05, 0) is 26.3 Å². The summed E-state index contributed by atoms with van der Waals surface area (Å²) in [5.41, 5.74) is 1.11. The van der Waals surface area contributed by atoms with Crippen LogP contribution in [0.5, 0.6) is 0 Å². The fraction of sp³-hybridized carbons (Fsp3) is 0.533. The van der Waals surface area contributed by atoms with Crippen molar-refractivity contribution in [3.05, 3.63) is 35.9 Å². The van der Waals surface area contributed by atoms with Gasteiger partial charge in [-0.2, -0.15) is 4.40 Å². The lowest BCUT2D eigenvalue weighted by Gasteiger charge is -2.15.